The molecule has 0 aliphatic heterocycles. The Kier molecular flexibility index (Phi) is 2.79. The molecule has 0 spiro atoms. The molecule has 1 aliphatic rings. The van der Waals surface area contributed by atoms with E-state index < -0.39 is 5.97 Å². The number of ether oxygens (including phenoxy) is 1. The van der Waals surface area contributed by atoms with E-state index >= 15 is 0 Å². The second-order valence-corrected chi connectivity index (χ2v) is 5.44. The number of rotatable bonds is 3. The average Bonchev–Trinajstić information content (AvgIpc) is 3.11. The van der Waals surface area contributed by atoms with Crippen LogP contribution in [0.2, 0.25) is 0 Å². The highest BCUT2D eigenvalue weighted by Crippen LogP contribution is 2.41. The van der Waals surface area contributed by atoms with Crippen LogP contribution in [-0.4, -0.2) is 27.6 Å². The quantitative estimate of drug-likeness (QED) is 0.755. The number of methoxy groups -OCH3 is 1. The molecule has 5 nitrogen and oxygen atoms in total. The Bertz CT molecular complexity index is 877. The fraction of sp³-hybridized carbons (Fsp3) is 0.250. The zero-order valence-electron chi connectivity index (χ0n) is 12.0. The van der Waals surface area contributed by atoms with Crippen molar-refractivity contribution in [2.45, 2.75) is 18.9 Å². The predicted molar refractivity (Wildman–Crippen MR) is 79.1 cm³/mol. The molecule has 1 aromatic carbocycles. The van der Waals surface area contributed by atoms with E-state index in [0.29, 0.717) is 23.1 Å². The lowest BCUT2D eigenvalue weighted by atomic mass is 10.3. The van der Waals surface area contributed by atoms with Crippen LogP contribution in [-0.2, 0) is 4.74 Å². The Morgan fingerprint density at radius 2 is 2.27 bits per heavy atom. The van der Waals surface area contributed by atoms with Crippen molar-refractivity contribution in [2.75, 3.05) is 7.11 Å². The Morgan fingerprint density at radius 1 is 1.45 bits per heavy atom. The van der Waals surface area contributed by atoms with Crippen molar-refractivity contribution in [3.05, 3.63) is 42.0 Å². The molecule has 2 heterocycles. The summed E-state index contributed by atoms with van der Waals surface area (Å²) >= 11 is 0. The summed E-state index contributed by atoms with van der Waals surface area (Å²) in [5.41, 5.74) is 2.26. The molecule has 6 heteroatoms. The van der Waals surface area contributed by atoms with E-state index in [1.165, 1.54) is 13.2 Å². The number of hydrogen-bond donors (Lipinski definition) is 1. The van der Waals surface area contributed by atoms with Gasteiger partial charge in [0.25, 0.3) is 0 Å². The van der Waals surface area contributed by atoms with Crippen LogP contribution in [0.4, 0.5) is 4.39 Å². The summed E-state index contributed by atoms with van der Waals surface area (Å²) in [5.74, 6) is -0.0950. The third kappa shape index (κ3) is 1.91. The minimum absolute atomic E-state index is 0.332. The highest BCUT2D eigenvalue weighted by atomic mass is 19.1. The molecule has 1 N–H and O–H groups in total. The number of imidazole rings is 1. The molecule has 3 aromatic rings. The molecular formula is C16H14FN3O2. The van der Waals surface area contributed by atoms with Gasteiger partial charge in [-0.25, -0.2) is 14.2 Å². The molecule has 1 aliphatic carbocycles. The van der Waals surface area contributed by atoms with Crippen LogP contribution in [0.25, 0.3) is 22.4 Å². The number of nitrogens with zero attached hydrogens (tertiary/aromatic N) is 2. The second-order valence-electron chi connectivity index (χ2n) is 5.44. The van der Waals surface area contributed by atoms with Gasteiger partial charge in [0.1, 0.15) is 17.0 Å². The molecule has 1 fully saturated rings. The number of hydrogen-bond acceptors (Lipinski definition) is 3. The minimum atomic E-state index is -0.438. The largest absolute Gasteiger partial charge is 0.464 e. The predicted octanol–water partition coefficient (Wildman–Crippen LogP) is 3.29. The van der Waals surface area contributed by atoms with Crippen LogP contribution in [0.5, 0.6) is 0 Å². The van der Waals surface area contributed by atoms with E-state index in [1.807, 2.05) is 6.07 Å². The van der Waals surface area contributed by atoms with Gasteiger partial charge in [-0.2, -0.15) is 0 Å². The zero-order valence-corrected chi connectivity index (χ0v) is 12.0. The lowest BCUT2D eigenvalue weighted by Crippen LogP contribution is -2.00. The van der Waals surface area contributed by atoms with Gasteiger partial charge in [-0.05, 0) is 31.0 Å². The third-order valence-corrected chi connectivity index (χ3v) is 3.93. The van der Waals surface area contributed by atoms with Crippen molar-refractivity contribution in [2.24, 2.45) is 0 Å². The molecule has 0 radical (unpaired) electrons. The van der Waals surface area contributed by atoms with Crippen LogP contribution >= 0.6 is 0 Å². The molecule has 0 unspecified atom stereocenters. The summed E-state index contributed by atoms with van der Waals surface area (Å²) in [7, 11) is 1.33. The molecule has 1 saturated carbocycles. The monoisotopic (exact) mass is 299 g/mol. The normalized spacial score (nSPS) is 14.5. The van der Waals surface area contributed by atoms with E-state index in [-0.39, 0.29) is 5.82 Å². The lowest BCUT2D eigenvalue weighted by molar-refractivity contribution is 0.0595. The molecule has 0 amide bonds. The highest BCUT2D eigenvalue weighted by Gasteiger charge is 2.29. The van der Waals surface area contributed by atoms with Crippen molar-refractivity contribution in [3.63, 3.8) is 0 Å². The molecule has 0 bridgehead atoms. The third-order valence-electron chi connectivity index (χ3n) is 3.93. The smallest absolute Gasteiger partial charge is 0.354 e. The molecule has 112 valence electrons. The summed E-state index contributed by atoms with van der Waals surface area (Å²) in [6, 6.07) is 7.01. The van der Waals surface area contributed by atoms with Crippen molar-refractivity contribution in [1.82, 2.24) is 14.5 Å². The maximum Gasteiger partial charge on any atom is 0.354 e. The Hall–Kier alpha value is -2.63. The minimum Gasteiger partial charge on any atom is -0.464 e. The maximum absolute atomic E-state index is 14.0. The SMILES string of the molecule is COC(=O)c1cc(-c2nc3c(F)cccc3n2C2CC2)c[nH]1. The van der Waals surface area contributed by atoms with Gasteiger partial charge in [-0.1, -0.05) is 6.07 Å². The van der Waals surface area contributed by atoms with Crippen molar-refractivity contribution in [3.8, 4) is 11.4 Å². The summed E-state index contributed by atoms with van der Waals surface area (Å²) in [6.07, 6.45) is 3.82. The van der Waals surface area contributed by atoms with Gasteiger partial charge >= 0.3 is 5.97 Å². The molecular weight excluding hydrogens is 285 g/mol. The van der Waals surface area contributed by atoms with Crippen LogP contribution in [0, 0.1) is 5.82 Å². The summed E-state index contributed by atoms with van der Waals surface area (Å²) in [4.78, 5) is 18.9. The topological polar surface area (TPSA) is 59.9 Å². The van der Waals surface area contributed by atoms with Crippen LogP contribution in [0.3, 0.4) is 0 Å². The molecule has 0 saturated heterocycles. The number of aromatic amines is 1. The first-order valence-corrected chi connectivity index (χ1v) is 7.12. The number of H-pyrrole nitrogens is 1. The van der Waals surface area contributed by atoms with Crippen molar-refractivity contribution in [1.29, 1.82) is 0 Å². The molecule has 4 rings (SSSR count). The Morgan fingerprint density at radius 3 is 3.00 bits per heavy atom. The zero-order chi connectivity index (χ0) is 15.3. The van der Waals surface area contributed by atoms with Gasteiger partial charge in [0.2, 0.25) is 0 Å². The van der Waals surface area contributed by atoms with Crippen molar-refractivity contribution < 1.29 is 13.9 Å². The average molecular weight is 299 g/mol. The molecule has 2 aromatic heterocycles. The summed E-state index contributed by atoms with van der Waals surface area (Å²) < 4.78 is 20.8. The van der Waals surface area contributed by atoms with Crippen LogP contribution in [0.1, 0.15) is 29.4 Å². The number of carbonyl (C=O) groups excluding carboxylic acids is 1. The number of para-hydroxylation sites is 1. The number of carbonyl (C=O) groups is 1. The van der Waals surface area contributed by atoms with Crippen LogP contribution in [0.15, 0.2) is 30.5 Å². The number of nitrogens with one attached hydrogen (secondary N) is 1. The van der Waals surface area contributed by atoms with Crippen molar-refractivity contribution >= 4 is 17.0 Å². The highest BCUT2D eigenvalue weighted by molar-refractivity contribution is 5.89. The number of fused-ring (bicyclic) bond motifs is 1. The Balaban J connectivity index is 1.91. The second kappa shape index (κ2) is 4.69. The van der Waals surface area contributed by atoms with E-state index in [1.54, 1.807) is 18.3 Å². The van der Waals surface area contributed by atoms with E-state index in [9.17, 15) is 9.18 Å². The van der Waals surface area contributed by atoms with Gasteiger partial charge < -0.3 is 14.3 Å². The van der Waals surface area contributed by atoms with Crippen LogP contribution < -0.4 is 0 Å². The summed E-state index contributed by atoms with van der Waals surface area (Å²) in [5, 5.41) is 0. The van der Waals surface area contributed by atoms with Gasteiger partial charge in [-0.15, -0.1) is 0 Å². The first kappa shape index (κ1) is 13.1. The molecule has 0 atom stereocenters. The van der Waals surface area contributed by atoms with Gasteiger partial charge in [0.15, 0.2) is 5.82 Å². The molecule has 22 heavy (non-hydrogen) atoms. The van der Waals surface area contributed by atoms with Gasteiger partial charge in [-0.3, -0.25) is 0 Å². The van der Waals surface area contributed by atoms with E-state index in [2.05, 4.69) is 14.5 Å². The number of esters is 1. The first-order valence-electron chi connectivity index (χ1n) is 7.12. The van der Waals surface area contributed by atoms with E-state index in [4.69, 9.17) is 4.74 Å². The first-order chi connectivity index (χ1) is 10.7. The fourth-order valence-electron chi connectivity index (χ4n) is 2.74. The number of halogens is 1. The van der Waals surface area contributed by atoms with E-state index in [0.717, 1.165) is 23.9 Å². The number of aromatic nitrogens is 3. The van der Waals surface area contributed by atoms with Gasteiger partial charge in [0.05, 0.1) is 12.6 Å². The fourth-order valence-corrected chi connectivity index (χ4v) is 2.74. The Labute approximate surface area is 125 Å². The van der Waals surface area contributed by atoms with Gasteiger partial charge in [0, 0.05) is 17.8 Å². The maximum atomic E-state index is 14.0. The standard InChI is InChI=1S/C16H14FN3O2/c1-22-16(21)12-7-9(8-18-12)15-19-14-11(17)3-2-4-13(14)20(15)10-5-6-10/h2-4,7-8,10,18H,5-6H2,1H3. The number of benzene rings is 1. The summed E-state index contributed by atoms with van der Waals surface area (Å²) in [6.45, 7) is 0. The lowest BCUT2D eigenvalue weighted by Gasteiger charge is -2.05.